The fourth-order valence-corrected chi connectivity index (χ4v) is 1.67. The van der Waals surface area contributed by atoms with E-state index < -0.39 is 0 Å². The van der Waals surface area contributed by atoms with E-state index in [1.165, 1.54) is 10.9 Å². The standard InChI is InChI=1S/C12H14N2/c1-3-9-5-4-6-10-7-8(2)12(13)14-11(9)10/h4-7H,3H2,1-2H3,(H2,13,14). The van der Waals surface area contributed by atoms with E-state index in [0.717, 1.165) is 17.5 Å². The molecule has 0 amide bonds. The van der Waals surface area contributed by atoms with Crippen molar-refractivity contribution in [2.45, 2.75) is 20.3 Å². The second kappa shape index (κ2) is 3.29. The van der Waals surface area contributed by atoms with Crippen molar-refractivity contribution in [3.63, 3.8) is 0 Å². The van der Waals surface area contributed by atoms with E-state index in [0.29, 0.717) is 5.82 Å². The molecule has 0 radical (unpaired) electrons. The third-order valence-corrected chi connectivity index (χ3v) is 2.54. The zero-order valence-corrected chi connectivity index (χ0v) is 8.54. The highest BCUT2D eigenvalue weighted by Crippen LogP contribution is 2.21. The highest BCUT2D eigenvalue weighted by Gasteiger charge is 2.03. The third kappa shape index (κ3) is 1.33. The molecule has 14 heavy (non-hydrogen) atoms. The molecule has 0 bridgehead atoms. The van der Waals surface area contributed by atoms with Crippen LogP contribution in [0.4, 0.5) is 5.82 Å². The van der Waals surface area contributed by atoms with Gasteiger partial charge in [0.1, 0.15) is 5.82 Å². The summed E-state index contributed by atoms with van der Waals surface area (Å²) in [5, 5.41) is 1.18. The molecule has 0 atom stereocenters. The average molecular weight is 186 g/mol. The minimum absolute atomic E-state index is 0.637. The summed E-state index contributed by atoms with van der Waals surface area (Å²) in [4.78, 5) is 4.42. The predicted octanol–water partition coefficient (Wildman–Crippen LogP) is 2.69. The van der Waals surface area contributed by atoms with Gasteiger partial charge in [-0.15, -0.1) is 0 Å². The lowest BCUT2D eigenvalue weighted by Gasteiger charge is -2.06. The van der Waals surface area contributed by atoms with Crippen molar-refractivity contribution in [2.24, 2.45) is 0 Å². The zero-order chi connectivity index (χ0) is 10.1. The van der Waals surface area contributed by atoms with Gasteiger partial charge in [0, 0.05) is 5.39 Å². The smallest absolute Gasteiger partial charge is 0.127 e. The van der Waals surface area contributed by atoms with Crippen LogP contribution in [-0.4, -0.2) is 4.98 Å². The Morgan fingerprint density at radius 2 is 2.14 bits per heavy atom. The Morgan fingerprint density at radius 3 is 2.86 bits per heavy atom. The van der Waals surface area contributed by atoms with Gasteiger partial charge >= 0.3 is 0 Å². The summed E-state index contributed by atoms with van der Waals surface area (Å²) >= 11 is 0. The zero-order valence-electron chi connectivity index (χ0n) is 8.54. The Balaban J connectivity index is 2.81. The van der Waals surface area contributed by atoms with E-state index in [1.54, 1.807) is 0 Å². The Kier molecular flexibility index (Phi) is 2.12. The topological polar surface area (TPSA) is 38.9 Å². The summed E-state index contributed by atoms with van der Waals surface area (Å²) in [6.07, 6.45) is 0.993. The highest BCUT2D eigenvalue weighted by atomic mass is 14.8. The molecule has 0 aliphatic heterocycles. The van der Waals surface area contributed by atoms with Crippen LogP contribution in [0, 0.1) is 6.92 Å². The molecule has 2 nitrogen and oxygen atoms in total. The van der Waals surface area contributed by atoms with Gasteiger partial charge in [-0.3, -0.25) is 0 Å². The van der Waals surface area contributed by atoms with E-state index in [4.69, 9.17) is 5.73 Å². The minimum Gasteiger partial charge on any atom is -0.383 e. The Morgan fingerprint density at radius 1 is 1.36 bits per heavy atom. The van der Waals surface area contributed by atoms with Gasteiger partial charge in [0.15, 0.2) is 0 Å². The van der Waals surface area contributed by atoms with Crippen LogP contribution in [0.15, 0.2) is 24.3 Å². The summed E-state index contributed by atoms with van der Waals surface area (Å²) in [5.74, 6) is 0.637. The van der Waals surface area contributed by atoms with Crippen molar-refractivity contribution < 1.29 is 0 Å². The molecule has 2 heteroatoms. The maximum absolute atomic E-state index is 5.80. The van der Waals surface area contributed by atoms with Crippen molar-refractivity contribution in [3.05, 3.63) is 35.4 Å². The molecule has 1 aromatic heterocycles. The lowest BCUT2D eigenvalue weighted by molar-refractivity contribution is 1.14. The summed E-state index contributed by atoms with van der Waals surface area (Å²) in [6, 6.07) is 8.34. The lowest BCUT2D eigenvalue weighted by atomic mass is 10.1. The number of nitrogens with zero attached hydrogens (tertiary/aromatic N) is 1. The van der Waals surface area contributed by atoms with Crippen molar-refractivity contribution in [1.29, 1.82) is 0 Å². The summed E-state index contributed by atoms with van der Waals surface area (Å²) in [6.45, 7) is 4.12. The minimum atomic E-state index is 0.637. The van der Waals surface area contributed by atoms with E-state index in [1.807, 2.05) is 6.92 Å². The average Bonchev–Trinajstić information content (AvgIpc) is 2.19. The molecule has 0 fully saturated rings. The SMILES string of the molecule is CCc1cccc2cc(C)c(N)nc12. The molecular formula is C12H14N2. The van der Waals surface area contributed by atoms with Gasteiger partial charge in [0.2, 0.25) is 0 Å². The Bertz CT molecular complexity index is 475. The van der Waals surface area contributed by atoms with Crippen LogP contribution >= 0.6 is 0 Å². The number of hydrogen-bond acceptors (Lipinski definition) is 2. The Labute approximate surface area is 83.8 Å². The summed E-state index contributed by atoms with van der Waals surface area (Å²) in [5.41, 5.74) is 9.14. The number of anilines is 1. The summed E-state index contributed by atoms with van der Waals surface area (Å²) < 4.78 is 0. The largest absolute Gasteiger partial charge is 0.383 e. The van der Waals surface area contributed by atoms with Gasteiger partial charge in [-0.2, -0.15) is 0 Å². The molecule has 1 aromatic carbocycles. The molecule has 2 rings (SSSR count). The first-order valence-corrected chi connectivity index (χ1v) is 4.87. The van der Waals surface area contributed by atoms with E-state index in [-0.39, 0.29) is 0 Å². The van der Waals surface area contributed by atoms with Gasteiger partial charge in [-0.25, -0.2) is 4.98 Å². The molecule has 0 aliphatic rings. The summed E-state index contributed by atoms with van der Waals surface area (Å²) in [7, 11) is 0. The van der Waals surface area contributed by atoms with Crippen LogP contribution in [0.3, 0.4) is 0 Å². The fraction of sp³-hybridized carbons (Fsp3) is 0.250. The van der Waals surface area contributed by atoms with Crippen molar-refractivity contribution in [1.82, 2.24) is 4.98 Å². The number of hydrogen-bond donors (Lipinski definition) is 1. The van der Waals surface area contributed by atoms with E-state index >= 15 is 0 Å². The van der Waals surface area contributed by atoms with Gasteiger partial charge in [0.05, 0.1) is 5.52 Å². The molecule has 2 aromatic rings. The third-order valence-electron chi connectivity index (χ3n) is 2.54. The molecule has 2 N–H and O–H groups in total. The first-order chi connectivity index (χ1) is 6.72. The van der Waals surface area contributed by atoms with Crippen LogP contribution in [-0.2, 0) is 6.42 Å². The van der Waals surface area contributed by atoms with Crippen molar-refractivity contribution in [3.8, 4) is 0 Å². The molecule has 0 aliphatic carbocycles. The lowest BCUT2D eigenvalue weighted by Crippen LogP contribution is -1.96. The van der Waals surface area contributed by atoms with Crippen molar-refractivity contribution >= 4 is 16.7 Å². The van der Waals surface area contributed by atoms with Crippen LogP contribution in [0.1, 0.15) is 18.1 Å². The number of nitrogen functional groups attached to an aromatic ring is 1. The Hall–Kier alpha value is -1.57. The first-order valence-electron chi connectivity index (χ1n) is 4.87. The number of para-hydroxylation sites is 1. The number of benzene rings is 1. The predicted molar refractivity (Wildman–Crippen MR) is 60.3 cm³/mol. The maximum Gasteiger partial charge on any atom is 0.127 e. The first kappa shape index (κ1) is 9.00. The quantitative estimate of drug-likeness (QED) is 0.743. The van der Waals surface area contributed by atoms with Gasteiger partial charge in [-0.1, -0.05) is 25.1 Å². The molecular weight excluding hydrogens is 172 g/mol. The molecule has 72 valence electrons. The number of nitrogens with two attached hydrogens (primary N) is 1. The molecule has 0 saturated heterocycles. The number of aromatic nitrogens is 1. The second-order valence-corrected chi connectivity index (χ2v) is 3.53. The highest BCUT2D eigenvalue weighted by molar-refractivity contribution is 5.84. The number of aryl methyl sites for hydroxylation is 2. The van der Waals surface area contributed by atoms with Crippen LogP contribution in [0.25, 0.3) is 10.9 Å². The molecule has 1 heterocycles. The van der Waals surface area contributed by atoms with Crippen LogP contribution in [0.2, 0.25) is 0 Å². The molecule has 0 saturated carbocycles. The van der Waals surface area contributed by atoms with E-state index in [9.17, 15) is 0 Å². The fourth-order valence-electron chi connectivity index (χ4n) is 1.67. The van der Waals surface area contributed by atoms with E-state index in [2.05, 4.69) is 36.2 Å². The van der Waals surface area contributed by atoms with Gasteiger partial charge in [0.25, 0.3) is 0 Å². The maximum atomic E-state index is 5.80. The number of pyridine rings is 1. The normalized spacial score (nSPS) is 10.7. The molecule has 0 unspecified atom stereocenters. The van der Waals surface area contributed by atoms with Crippen molar-refractivity contribution in [2.75, 3.05) is 5.73 Å². The number of rotatable bonds is 1. The van der Waals surface area contributed by atoms with Crippen LogP contribution in [0.5, 0.6) is 0 Å². The molecule has 0 spiro atoms. The van der Waals surface area contributed by atoms with Gasteiger partial charge < -0.3 is 5.73 Å². The monoisotopic (exact) mass is 186 g/mol. The second-order valence-electron chi connectivity index (χ2n) is 3.53. The van der Waals surface area contributed by atoms with Crippen LogP contribution < -0.4 is 5.73 Å². The van der Waals surface area contributed by atoms with Gasteiger partial charge in [-0.05, 0) is 30.5 Å². The number of fused-ring (bicyclic) bond motifs is 1.